The summed E-state index contributed by atoms with van der Waals surface area (Å²) in [6.45, 7) is 0.0240. The highest BCUT2D eigenvalue weighted by Gasteiger charge is 2.10. The first kappa shape index (κ1) is 18.3. The third kappa shape index (κ3) is 4.20. The van der Waals surface area contributed by atoms with Crippen LogP contribution in [0.4, 0.5) is 9.18 Å². The van der Waals surface area contributed by atoms with Crippen LogP contribution < -0.4 is 11.0 Å². The first-order chi connectivity index (χ1) is 12.5. The van der Waals surface area contributed by atoms with Gasteiger partial charge in [-0.1, -0.05) is 15.9 Å². The molecule has 0 fully saturated rings. The third-order valence-corrected chi connectivity index (χ3v) is 5.22. The van der Waals surface area contributed by atoms with Crippen LogP contribution in [0.3, 0.4) is 0 Å². The first-order valence-corrected chi connectivity index (χ1v) is 9.12. The van der Waals surface area contributed by atoms with E-state index in [9.17, 15) is 14.0 Å². The van der Waals surface area contributed by atoms with Gasteiger partial charge in [-0.2, -0.15) is 5.10 Å². The average molecular weight is 441 g/mol. The second-order valence-electron chi connectivity index (χ2n) is 5.52. The van der Waals surface area contributed by atoms with Crippen LogP contribution in [-0.2, 0) is 13.1 Å². The van der Waals surface area contributed by atoms with Gasteiger partial charge in [0.05, 0.1) is 19.4 Å². The summed E-state index contributed by atoms with van der Waals surface area (Å²) in [7, 11) is 0. The lowest BCUT2D eigenvalue weighted by atomic mass is 10.2. The summed E-state index contributed by atoms with van der Waals surface area (Å²) < 4.78 is 17.5. The molecule has 2 heterocycles. The monoisotopic (exact) mass is 440 g/mol. The fourth-order valence-corrected chi connectivity index (χ4v) is 3.84. The van der Waals surface area contributed by atoms with Crippen LogP contribution in [0.15, 0.2) is 51.8 Å². The van der Waals surface area contributed by atoms with E-state index in [0.717, 1.165) is 24.1 Å². The molecule has 3 aromatic rings. The van der Waals surface area contributed by atoms with E-state index in [4.69, 9.17) is 5.11 Å². The number of amides is 1. The summed E-state index contributed by atoms with van der Waals surface area (Å²) >= 11 is 5.02. The van der Waals surface area contributed by atoms with E-state index in [0.29, 0.717) is 6.54 Å². The number of nitrogens with zero attached hydrogens (tertiary/aromatic N) is 3. The van der Waals surface area contributed by atoms with Gasteiger partial charge in [0.1, 0.15) is 6.33 Å². The quantitative estimate of drug-likeness (QED) is 0.615. The van der Waals surface area contributed by atoms with E-state index < -0.39 is 11.8 Å². The summed E-state index contributed by atoms with van der Waals surface area (Å²) in [5, 5.41) is 15.7. The second-order valence-corrected chi connectivity index (χ2v) is 7.60. The molecule has 136 valence electrons. The van der Waals surface area contributed by atoms with Crippen LogP contribution in [0.25, 0.3) is 10.1 Å². The highest BCUT2D eigenvalue weighted by atomic mass is 79.9. The first-order valence-electron chi connectivity index (χ1n) is 7.51. The smallest absolute Gasteiger partial charge is 0.404 e. The lowest BCUT2D eigenvalue weighted by Gasteiger charge is -2.05. The number of fused-ring (bicyclic) bond motifs is 1. The van der Waals surface area contributed by atoms with Gasteiger partial charge in [0.2, 0.25) is 0 Å². The van der Waals surface area contributed by atoms with Crippen molar-refractivity contribution in [2.75, 3.05) is 6.54 Å². The largest absolute Gasteiger partial charge is 0.465 e. The molecule has 0 aliphatic carbocycles. The molecule has 0 radical (unpaired) electrons. The van der Waals surface area contributed by atoms with Crippen molar-refractivity contribution in [2.45, 2.75) is 13.1 Å². The number of rotatable bonds is 6. The van der Waals surface area contributed by atoms with Gasteiger partial charge in [0, 0.05) is 20.6 Å². The molecule has 0 aliphatic heterocycles. The summed E-state index contributed by atoms with van der Waals surface area (Å²) in [5.41, 5.74) is -0.287. The van der Waals surface area contributed by atoms with Gasteiger partial charge >= 0.3 is 11.8 Å². The van der Waals surface area contributed by atoms with Crippen molar-refractivity contribution in [3.8, 4) is 0 Å². The zero-order chi connectivity index (χ0) is 18.7. The number of hydrogen-bond acceptors (Lipinski definition) is 4. The van der Waals surface area contributed by atoms with Crippen LogP contribution in [-0.4, -0.2) is 32.1 Å². The van der Waals surface area contributed by atoms with E-state index in [1.165, 1.54) is 10.9 Å². The number of thiophene rings is 1. The van der Waals surface area contributed by atoms with Crippen molar-refractivity contribution in [3.05, 3.63) is 62.3 Å². The zero-order valence-corrected chi connectivity index (χ0v) is 15.8. The molecule has 0 bridgehead atoms. The highest BCUT2D eigenvalue weighted by molar-refractivity contribution is 9.10. The Balaban J connectivity index is 1.75. The van der Waals surface area contributed by atoms with Crippen molar-refractivity contribution in [2.24, 2.45) is 0 Å². The Morgan fingerprint density at radius 1 is 1.42 bits per heavy atom. The summed E-state index contributed by atoms with van der Waals surface area (Å²) in [5.74, 6) is 0. The molecule has 2 N–H and O–H groups in total. The van der Waals surface area contributed by atoms with Gasteiger partial charge in [-0.25, -0.2) is 18.7 Å². The molecule has 0 saturated carbocycles. The average Bonchev–Trinajstić information content (AvgIpc) is 3.15. The van der Waals surface area contributed by atoms with Crippen molar-refractivity contribution >= 4 is 43.4 Å². The Hall–Kier alpha value is -2.46. The standard InChI is InChI=1S/C16H14BrFN4O3S/c17-12-1-2-14-11(3-12)4-13(26-14)8-21-9-20-22(16(21)25)7-10(5-18)6-19-15(23)24/h1-5,9,19H,6-8H2,(H,23,24)/b10-5+. The molecule has 10 heteroatoms. The Labute approximate surface area is 159 Å². The zero-order valence-electron chi connectivity index (χ0n) is 13.4. The van der Waals surface area contributed by atoms with Crippen LogP contribution in [0.5, 0.6) is 0 Å². The van der Waals surface area contributed by atoms with Crippen LogP contribution in [0, 0.1) is 0 Å². The number of benzene rings is 1. The molecule has 3 rings (SSSR count). The molecule has 0 saturated heterocycles. The van der Waals surface area contributed by atoms with E-state index in [2.05, 4.69) is 26.3 Å². The maximum absolute atomic E-state index is 12.9. The normalized spacial score (nSPS) is 11.8. The lowest BCUT2D eigenvalue weighted by Crippen LogP contribution is -2.29. The maximum atomic E-state index is 12.9. The summed E-state index contributed by atoms with van der Waals surface area (Å²) in [4.78, 5) is 23.9. The van der Waals surface area contributed by atoms with Crippen molar-refractivity contribution in [1.29, 1.82) is 0 Å². The van der Waals surface area contributed by atoms with E-state index in [1.807, 2.05) is 24.3 Å². The Morgan fingerprint density at radius 3 is 2.96 bits per heavy atom. The lowest BCUT2D eigenvalue weighted by molar-refractivity contribution is 0.195. The fourth-order valence-electron chi connectivity index (χ4n) is 2.41. The molecule has 1 amide bonds. The number of carbonyl (C=O) groups is 1. The summed E-state index contributed by atoms with van der Waals surface area (Å²) in [6.07, 6.45) is 0.410. The fraction of sp³-hybridized carbons (Fsp3) is 0.188. The van der Waals surface area contributed by atoms with Crippen molar-refractivity contribution in [3.63, 3.8) is 0 Å². The predicted molar refractivity (Wildman–Crippen MR) is 100 cm³/mol. The SMILES string of the molecule is O=C(O)NC/C(=C\F)Cn1ncn(Cc2cc3cc(Br)ccc3s2)c1=O. The molecule has 2 aromatic heterocycles. The van der Waals surface area contributed by atoms with Crippen molar-refractivity contribution in [1.82, 2.24) is 19.7 Å². The Kier molecular flexibility index (Phi) is 5.52. The highest BCUT2D eigenvalue weighted by Crippen LogP contribution is 2.28. The number of halogens is 2. The Morgan fingerprint density at radius 2 is 2.23 bits per heavy atom. The third-order valence-electron chi connectivity index (χ3n) is 3.63. The molecule has 0 spiro atoms. The minimum Gasteiger partial charge on any atom is -0.465 e. The molecule has 1 aromatic carbocycles. The van der Waals surface area contributed by atoms with E-state index in [-0.39, 0.29) is 25.0 Å². The van der Waals surface area contributed by atoms with Gasteiger partial charge in [0.25, 0.3) is 0 Å². The maximum Gasteiger partial charge on any atom is 0.404 e. The van der Waals surface area contributed by atoms with Gasteiger partial charge in [-0.05, 0) is 35.2 Å². The molecule has 0 atom stereocenters. The number of aromatic nitrogens is 3. The van der Waals surface area contributed by atoms with E-state index in [1.54, 1.807) is 11.3 Å². The van der Waals surface area contributed by atoms with Gasteiger partial charge in [-0.15, -0.1) is 11.3 Å². The van der Waals surface area contributed by atoms with Crippen LogP contribution in [0.1, 0.15) is 4.88 Å². The summed E-state index contributed by atoms with van der Waals surface area (Å²) in [6, 6.07) is 7.99. The van der Waals surface area contributed by atoms with Crippen LogP contribution >= 0.6 is 27.3 Å². The minimum atomic E-state index is -1.27. The molecule has 0 unspecified atom stereocenters. The van der Waals surface area contributed by atoms with Gasteiger partial charge in [-0.3, -0.25) is 4.57 Å². The second kappa shape index (κ2) is 7.83. The topological polar surface area (TPSA) is 89.2 Å². The van der Waals surface area contributed by atoms with Gasteiger partial charge < -0.3 is 10.4 Å². The molecular weight excluding hydrogens is 427 g/mol. The van der Waals surface area contributed by atoms with Crippen molar-refractivity contribution < 1.29 is 14.3 Å². The van der Waals surface area contributed by atoms with Crippen LogP contribution in [0.2, 0.25) is 0 Å². The van der Waals surface area contributed by atoms with Gasteiger partial charge in [0.15, 0.2) is 0 Å². The molecule has 7 nitrogen and oxygen atoms in total. The van der Waals surface area contributed by atoms with E-state index >= 15 is 0 Å². The number of hydrogen-bond donors (Lipinski definition) is 2. The predicted octanol–water partition coefficient (Wildman–Crippen LogP) is 3.19. The molecular formula is C16H14BrFN4O3S. The Bertz CT molecular complexity index is 1040. The molecule has 0 aliphatic rings. The minimum absolute atomic E-state index is 0.103. The number of carboxylic acid groups (broad SMARTS) is 1. The molecule has 26 heavy (non-hydrogen) atoms. The number of nitrogens with one attached hydrogen (secondary N) is 1.